The normalized spacial score (nSPS) is 19.2. The zero-order valence-corrected chi connectivity index (χ0v) is 12.0. The highest BCUT2D eigenvalue weighted by molar-refractivity contribution is 6.06. The van der Waals surface area contributed by atoms with Crippen LogP contribution in [0.1, 0.15) is 17.4 Å². The van der Waals surface area contributed by atoms with Crippen LogP contribution in [0.4, 0.5) is 0 Å². The van der Waals surface area contributed by atoms with E-state index in [1.54, 1.807) is 0 Å². The molecule has 0 radical (unpaired) electrons. The summed E-state index contributed by atoms with van der Waals surface area (Å²) in [5, 5.41) is 3.58. The molecule has 1 fully saturated rings. The molecule has 21 heavy (non-hydrogen) atoms. The summed E-state index contributed by atoms with van der Waals surface area (Å²) < 4.78 is 11.4. The van der Waals surface area contributed by atoms with Crippen LogP contribution < -0.4 is 0 Å². The Balaban J connectivity index is 2.02. The van der Waals surface area contributed by atoms with Crippen LogP contribution >= 0.6 is 0 Å². The SMILES string of the molecule is Cc1ccc2c(c1)nc(C1COCCO1)c1ccccc12. The van der Waals surface area contributed by atoms with E-state index < -0.39 is 0 Å². The fraction of sp³-hybridized carbons (Fsp3) is 0.278. The smallest absolute Gasteiger partial charge is 0.123 e. The topological polar surface area (TPSA) is 31.4 Å². The molecule has 0 spiro atoms. The van der Waals surface area contributed by atoms with E-state index in [-0.39, 0.29) is 6.10 Å². The molecule has 0 amide bonds. The maximum absolute atomic E-state index is 5.86. The largest absolute Gasteiger partial charge is 0.376 e. The predicted molar refractivity (Wildman–Crippen MR) is 83.5 cm³/mol. The molecule has 1 aliphatic heterocycles. The Labute approximate surface area is 123 Å². The average molecular weight is 279 g/mol. The van der Waals surface area contributed by atoms with Crippen molar-refractivity contribution < 1.29 is 9.47 Å². The number of benzene rings is 2. The molecule has 0 saturated carbocycles. The van der Waals surface area contributed by atoms with Gasteiger partial charge in [0, 0.05) is 10.8 Å². The second-order valence-corrected chi connectivity index (χ2v) is 5.50. The molecule has 3 aromatic rings. The van der Waals surface area contributed by atoms with Gasteiger partial charge in [0.05, 0.1) is 31.0 Å². The lowest BCUT2D eigenvalue weighted by Gasteiger charge is -2.24. The first-order chi connectivity index (χ1) is 10.3. The standard InChI is InChI=1S/C18H17NO2/c1-12-6-7-14-13-4-2-3-5-15(13)18(19-16(14)10-12)17-11-20-8-9-21-17/h2-7,10,17H,8-9,11H2,1H3. The van der Waals surface area contributed by atoms with E-state index in [1.807, 2.05) is 0 Å². The molecule has 1 unspecified atom stereocenters. The minimum absolute atomic E-state index is 0.0754. The number of rotatable bonds is 1. The molecule has 0 bridgehead atoms. The highest BCUT2D eigenvalue weighted by Gasteiger charge is 2.21. The Kier molecular flexibility index (Phi) is 3.09. The fourth-order valence-corrected chi connectivity index (χ4v) is 2.98. The molecule has 2 heterocycles. The van der Waals surface area contributed by atoms with Gasteiger partial charge in [0.2, 0.25) is 0 Å². The lowest BCUT2D eigenvalue weighted by molar-refractivity contribution is -0.0910. The first-order valence-corrected chi connectivity index (χ1v) is 7.31. The van der Waals surface area contributed by atoms with E-state index in [2.05, 4.69) is 49.4 Å². The minimum Gasteiger partial charge on any atom is -0.376 e. The zero-order valence-electron chi connectivity index (χ0n) is 12.0. The van der Waals surface area contributed by atoms with Gasteiger partial charge in [-0.1, -0.05) is 36.4 Å². The second kappa shape index (κ2) is 5.10. The van der Waals surface area contributed by atoms with E-state index in [0.29, 0.717) is 19.8 Å². The number of aromatic nitrogens is 1. The summed E-state index contributed by atoms with van der Waals surface area (Å²) in [6.45, 7) is 3.97. The third-order valence-corrected chi connectivity index (χ3v) is 4.01. The van der Waals surface area contributed by atoms with Crippen molar-refractivity contribution in [2.45, 2.75) is 13.0 Å². The molecule has 1 aliphatic rings. The number of pyridine rings is 1. The summed E-state index contributed by atoms with van der Waals surface area (Å²) in [6, 6.07) is 14.8. The molecule has 3 heteroatoms. The van der Waals surface area contributed by atoms with Crippen LogP contribution in [-0.4, -0.2) is 24.8 Å². The van der Waals surface area contributed by atoms with Gasteiger partial charge < -0.3 is 9.47 Å². The summed E-state index contributed by atoms with van der Waals surface area (Å²) in [7, 11) is 0. The summed E-state index contributed by atoms with van der Waals surface area (Å²) in [5.74, 6) is 0. The van der Waals surface area contributed by atoms with Crippen LogP contribution in [-0.2, 0) is 9.47 Å². The first kappa shape index (κ1) is 12.7. The summed E-state index contributed by atoms with van der Waals surface area (Å²) in [5.41, 5.74) is 3.23. The predicted octanol–water partition coefficient (Wildman–Crippen LogP) is 3.78. The monoisotopic (exact) mass is 279 g/mol. The number of aryl methyl sites for hydroxylation is 1. The van der Waals surface area contributed by atoms with E-state index in [0.717, 1.165) is 16.6 Å². The Morgan fingerprint density at radius 2 is 1.86 bits per heavy atom. The van der Waals surface area contributed by atoms with Crippen molar-refractivity contribution in [2.75, 3.05) is 19.8 Å². The van der Waals surface area contributed by atoms with Crippen molar-refractivity contribution in [3.05, 3.63) is 53.7 Å². The van der Waals surface area contributed by atoms with Gasteiger partial charge in [-0.25, -0.2) is 4.98 Å². The number of nitrogens with zero attached hydrogens (tertiary/aromatic N) is 1. The van der Waals surface area contributed by atoms with Gasteiger partial charge in [0.15, 0.2) is 0 Å². The highest BCUT2D eigenvalue weighted by atomic mass is 16.6. The quantitative estimate of drug-likeness (QED) is 0.635. The Morgan fingerprint density at radius 1 is 1.00 bits per heavy atom. The van der Waals surface area contributed by atoms with Crippen molar-refractivity contribution in [3.8, 4) is 0 Å². The number of hydrogen-bond acceptors (Lipinski definition) is 3. The van der Waals surface area contributed by atoms with Crippen LogP contribution in [0.2, 0.25) is 0 Å². The van der Waals surface area contributed by atoms with Gasteiger partial charge in [-0.3, -0.25) is 0 Å². The van der Waals surface area contributed by atoms with Crippen LogP contribution in [0, 0.1) is 6.92 Å². The van der Waals surface area contributed by atoms with E-state index in [9.17, 15) is 0 Å². The molecule has 1 saturated heterocycles. The molecular weight excluding hydrogens is 262 g/mol. The fourth-order valence-electron chi connectivity index (χ4n) is 2.98. The van der Waals surface area contributed by atoms with E-state index in [4.69, 9.17) is 14.5 Å². The second-order valence-electron chi connectivity index (χ2n) is 5.50. The third-order valence-electron chi connectivity index (χ3n) is 4.01. The van der Waals surface area contributed by atoms with E-state index in [1.165, 1.54) is 16.3 Å². The molecule has 1 atom stereocenters. The van der Waals surface area contributed by atoms with Gasteiger partial charge in [-0.2, -0.15) is 0 Å². The summed E-state index contributed by atoms with van der Waals surface area (Å²) in [4.78, 5) is 4.88. The lowest BCUT2D eigenvalue weighted by atomic mass is 10.0. The van der Waals surface area contributed by atoms with Crippen LogP contribution in [0.25, 0.3) is 21.7 Å². The molecular formula is C18H17NO2. The molecule has 2 aromatic carbocycles. The average Bonchev–Trinajstić information content (AvgIpc) is 2.54. The van der Waals surface area contributed by atoms with Gasteiger partial charge in [-0.05, 0) is 23.9 Å². The van der Waals surface area contributed by atoms with Crippen LogP contribution in [0.5, 0.6) is 0 Å². The zero-order chi connectivity index (χ0) is 14.2. The summed E-state index contributed by atoms with van der Waals surface area (Å²) in [6.07, 6.45) is -0.0754. The Morgan fingerprint density at radius 3 is 2.67 bits per heavy atom. The molecule has 0 aliphatic carbocycles. The number of fused-ring (bicyclic) bond motifs is 3. The van der Waals surface area contributed by atoms with Crippen molar-refractivity contribution in [2.24, 2.45) is 0 Å². The molecule has 0 N–H and O–H groups in total. The lowest BCUT2D eigenvalue weighted by Crippen LogP contribution is -2.23. The van der Waals surface area contributed by atoms with Crippen molar-refractivity contribution in [1.29, 1.82) is 0 Å². The molecule has 4 rings (SSSR count). The highest BCUT2D eigenvalue weighted by Crippen LogP contribution is 2.32. The first-order valence-electron chi connectivity index (χ1n) is 7.31. The minimum atomic E-state index is -0.0754. The van der Waals surface area contributed by atoms with Crippen LogP contribution in [0.15, 0.2) is 42.5 Å². The molecule has 1 aromatic heterocycles. The van der Waals surface area contributed by atoms with Gasteiger partial charge in [0.1, 0.15) is 6.10 Å². The van der Waals surface area contributed by atoms with Gasteiger partial charge in [-0.15, -0.1) is 0 Å². The maximum Gasteiger partial charge on any atom is 0.123 e. The Bertz CT molecular complexity index is 807. The van der Waals surface area contributed by atoms with Gasteiger partial charge in [0.25, 0.3) is 0 Å². The van der Waals surface area contributed by atoms with Crippen molar-refractivity contribution in [3.63, 3.8) is 0 Å². The number of hydrogen-bond donors (Lipinski definition) is 0. The number of ether oxygens (including phenoxy) is 2. The van der Waals surface area contributed by atoms with Crippen LogP contribution in [0.3, 0.4) is 0 Å². The molecule has 106 valence electrons. The summed E-state index contributed by atoms with van der Waals surface area (Å²) >= 11 is 0. The van der Waals surface area contributed by atoms with Crippen molar-refractivity contribution >= 4 is 21.7 Å². The molecule has 3 nitrogen and oxygen atoms in total. The van der Waals surface area contributed by atoms with Gasteiger partial charge >= 0.3 is 0 Å². The third kappa shape index (κ3) is 2.19. The van der Waals surface area contributed by atoms with Crippen molar-refractivity contribution in [1.82, 2.24) is 4.98 Å². The van der Waals surface area contributed by atoms with E-state index >= 15 is 0 Å². The Hall–Kier alpha value is -1.97. The maximum atomic E-state index is 5.86.